The maximum absolute atomic E-state index is 13.8. The van der Waals surface area contributed by atoms with Crippen LogP contribution in [0.15, 0.2) is 30.3 Å². The number of benzene rings is 2. The molecule has 0 aliphatic carbocycles. The van der Waals surface area contributed by atoms with Gasteiger partial charge in [-0.3, -0.25) is 14.5 Å². The van der Waals surface area contributed by atoms with E-state index in [9.17, 15) is 18.4 Å². The van der Waals surface area contributed by atoms with Gasteiger partial charge in [0.2, 0.25) is 0 Å². The van der Waals surface area contributed by atoms with Crippen LogP contribution < -0.4 is 9.47 Å². The summed E-state index contributed by atoms with van der Waals surface area (Å²) in [6.07, 6.45) is 0. The van der Waals surface area contributed by atoms with Gasteiger partial charge in [-0.25, -0.2) is 8.78 Å². The molecule has 124 valence electrons. The molecule has 0 N–H and O–H groups in total. The highest BCUT2D eigenvalue weighted by Gasteiger charge is 2.39. The predicted octanol–water partition coefficient (Wildman–Crippen LogP) is 2.78. The SMILES string of the molecule is COc1ccc2c(c1OC)C(=O)N(Cc1ccc(F)cc1F)C2=O. The summed E-state index contributed by atoms with van der Waals surface area (Å²) in [6, 6.07) is 5.95. The summed E-state index contributed by atoms with van der Waals surface area (Å²) in [5, 5.41) is 0. The number of hydrogen-bond acceptors (Lipinski definition) is 4. The molecule has 0 bridgehead atoms. The molecule has 0 spiro atoms. The van der Waals surface area contributed by atoms with Crippen LogP contribution >= 0.6 is 0 Å². The van der Waals surface area contributed by atoms with Gasteiger partial charge in [0.05, 0.1) is 31.9 Å². The Hall–Kier alpha value is -2.96. The summed E-state index contributed by atoms with van der Waals surface area (Å²) < 4.78 is 37.1. The Morgan fingerprint density at radius 3 is 2.38 bits per heavy atom. The minimum Gasteiger partial charge on any atom is -0.493 e. The van der Waals surface area contributed by atoms with E-state index in [-0.39, 0.29) is 29.0 Å². The Kier molecular flexibility index (Phi) is 3.92. The van der Waals surface area contributed by atoms with Crippen molar-refractivity contribution in [3.8, 4) is 11.5 Å². The van der Waals surface area contributed by atoms with Crippen LogP contribution in [0.3, 0.4) is 0 Å². The van der Waals surface area contributed by atoms with E-state index in [0.29, 0.717) is 11.8 Å². The van der Waals surface area contributed by atoms with Crippen molar-refractivity contribution in [2.75, 3.05) is 14.2 Å². The Labute approximate surface area is 136 Å². The summed E-state index contributed by atoms with van der Waals surface area (Å²) in [4.78, 5) is 26.0. The maximum atomic E-state index is 13.8. The largest absolute Gasteiger partial charge is 0.493 e. The van der Waals surface area contributed by atoms with Gasteiger partial charge in [0.25, 0.3) is 11.8 Å². The fraction of sp³-hybridized carbons (Fsp3) is 0.176. The number of halogens is 2. The van der Waals surface area contributed by atoms with E-state index in [1.807, 2.05) is 0 Å². The zero-order valence-electron chi connectivity index (χ0n) is 12.9. The van der Waals surface area contributed by atoms with Gasteiger partial charge >= 0.3 is 0 Å². The van der Waals surface area contributed by atoms with Crippen molar-refractivity contribution in [2.24, 2.45) is 0 Å². The van der Waals surface area contributed by atoms with Crippen LogP contribution in [0, 0.1) is 11.6 Å². The third kappa shape index (κ3) is 2.38. The fourth-order valence-electron chi connectivity index (χ4n) is 2.65. The lowest BCUT2D eigenvalue weighted by atomic mass is 10.1. The van der Waals surface area contributed by atoms with Crippen molar-refractivity contribution >= 4 is 11.8 Å². The van der Waals surface area contributed by atoms with Crippen molar-refractivity contribution in [1.29, 1.82) is 0 Å². The van der Waals surface area contributed by atoms with Crippen molar-refractivity contribution in [2.45, 2.75) is 6.54 Å². The van der Waals surface area contributed by atoms with E-state index in [1.54, 1.807) is 0 Å². The van der Waals surface area contributed by atoms with Crippen LogP contribution in [0.1, 0.15) is 26.3 Å². The van der Waals surface area contributed by atoms with Crippen LogP contribution in [0.2, 0.25) is 0 Å². The average molecular weight is 333 g/mol. The summed E-state index contributed by atoms with van der Waals surface area (Å²) in [5.41, 5.74) is 0.265. The Morgan fingerprint density at radius 2 is 1.75 bits per heavy atom. The highest BCUT2D eigenvalue weighted by atomic mass is 19.1. The van der Waals surface area contributed by atoms with Crippen molar-refractivity contribution in [3.63, 3.8) is 0 Å². The molecular weight excluding hydrogens is 320 g/mol. The van der Waals surface area contributed by atoms with Gasteiger partial charge in [-0.15, -0.1) is 0 Å². The molecule has 24 heavy (non-hydrogen) atoms. The summed E-state index contributed by atoms with van der Waals surface area (Å²) >= 11 is 0. The monoisotopic (exact) mass is 333 g/mol. The first-order chi connectivity index (χ1) is 11.5. The number of amides is 2. The number of methoxy groups -OCH3 is 2. The second-order valence-electron chi connectivity index (χ2n) is 5.16. The highest BCUT2D eigenvalue weighted by molar-refractivity contribution is 6.22. The number of rotatable bonds is 4. The number of fused-ring (bicyclic) bond motifs is 1. The van der Waals surface area contributed by atoms with Crippen LogP contribution in [0.4, 0.5) is 8.78 Å². The van der Waals surface area contributed by atoms with Gasteiger partial charge in [0.1, 0.15) is 11.6 Å². The number of carbonyl (C=O) groups excluding carboxylic acids is 2. The smallest absolute Gasteiger partial charge is 0.265 e. The van der Waals surface area contributed by atoms with Gasteiger partial charge in [-0.05, 0) is 18.2 Å². The topological polar surface area (TPSA) is 55.8 Å². The van der Waals surface area contributed by atoms with E-state index in [4.69, 9.17) is 9.47 Å². The number of carbonyl (C=O) groups is 2. The second kappa shape index (κ2) is 5.92. The van der Waals surface area contributed by atoms with Gasteiger partial charge in [0.15, 0.2) is 11.5 Å². The molecule has 0 radical (unpaired) electrons. The van der Waals surface area contributed by atoms with Gasteiger partial charge in [-0.2, -0.15) is 0 Å². The van der Waals surface area contributed by atoms with Gasteiger partial charge in [-0.1, -0.05) is 6.07 Å². The molecule has 2 amide bonds. The zero-order valence-corrected chi connectivity index (χ0v) is 12.9. The minimum absolute atomic E-state index is 0.0387. The van der Waals surface area contributed by atoms with Crippen molar-refractivity contribution in [1.82, 2.24) is 4.90 Å². The Morgan fingerprint density at radius 1 is 1.00 bits per heavy atom. The molecule has 0 unspecified atom stereocenters. The van der Waals surface area contributed by atoms with Crippen LogP contribution in [-0.2, 0) is 6.54 Å². The molecule has 0 saturated heterocycles. The molecule has 2 aromatic rings. The molecule has 3 rings (SSSR count). The molecular formula is C17H13F2NO4. The first-order valence-corrected chi connectivity index (χ1v) is 7.03. The fourth-order valence-corrected chi connectivity index (χ4v) is 2.65. The van der Waals surface area contributed by atoms with E-state index in [0.717, 1.165) is 11.0 Å². The third-order valence-corrected chi connectivity index (χ3v) is 3.82. The molecule has 0 atom stereocenters. The summed E-state index contributed by atoms with van der Waals surface area (Å²) in [6.45, 7) is -0.302. The van der Waals surface area contributed by atoms with Crippen LogP contribution in [0.25, 0.3) is 0 Å². The zero-order chi connectivity index (χ0) is 17.4. The summed E-state index contributed by atoms with van der Waals surface area (Å²) in [5.74, 6) is -2.28. The molecule has 0 aromatic heterocycles. The molecule has 0 fully saturated rings. The Balaban J connectivity index is 2.01. The van der Waals surface area contributed by atoms with Crippen molar-refractivity contribution in [3.05, 3.63) is 58.7 Å². The van der Waals surface area contributed by atoms with Gasteiger partial charge < -0.3 is 9.47 Å². The van der Waals surface area contributed by atoms with E-state index >= 15 is 0 Å². The molecule has 1 aliphatic heterocycles. The number of nitrogens with zero attached hydrogens (tertiary/aromatic N) is 1. The lowest BCUT2D eigenvalue weighted by Gasteiger charge is -2.14. The Bertz CT molecular complexity index is 851. The van der Waals surface area contributed by atoms with E-state index < -0.39 is 23.4 Å². The van der Waals surface area contributed by atoms with E-state index in [2.05, 4.69) is 0 Å². The van der Waals surface area contributed by atoms with E-state index in [1.165, 1.54) is 32.4 Å². The average Bonchev–Trinajstić information content (AvgIpc) is 2.81. The first-order valence-electron chi connectivity index (χ1n) is 7.03. The lowest BCUT2D eigenvalue weighted by molar-refractivity contribution is 0.0640. The predicted molar refractivity (Wildman–Crippen MR) is 80.1 cm³/mol. The summed E-state index contributed by atoms with van der Waals surface area (Å²) in [7, 11) is 2.77. The quantitative estimate of drug-likeness (QED) is 0.808. The van der Waals surface area contributed by atoms with Crippen LogP contribution in [0.5, 0.6) is 11.5 Å². The van der Waals surface area contributed by atoms with Crippen LogP contribution in [-0.4, -0.2) is 30.9 Å². The number of hydrogen-bond donors (Lipinski definition) is 0. The third-order valence-electron chi connectivity index (χ3n) is 3.82. The molecule has 1 heterocycles. The number of imide groups is 1. The molecule has 2 aromatic carbocycles. The lowest BCUT2D eigenvalue weighted by Crippen LogP contribution is -2.29. The normalized spacial score (nSPS) is 13.2. The molecule has 0 saturated carbocycles. The van der Waals surface area contributed by atoms with Crippen molar-refractivity contribution < 1.29 is 27.8 Å². The molecule has 7 heteroatoms. The molecule has 5 nitrogen and oxygen atoms in total. The molecule has 1 aliphatic rings. The standard InChI is InChI=1S/C17H13F2NO4/c1-23-13-6-5-11-14(15(13)24-2)17(22)20(16(11)21)8-9-3-4-10(18)7-12(9)19/h3-7H,8H2,1-2H3. The number of ether oxygens (including phenoxy) is 2. The first kappa shape index (κ1) is 15.9. The highest BCUT2D eigenvalue weighted by Crippen LogP contribution is 2.38. The maximum Gasteiger partial charge on any atom is 0.265 e. The van der Waals surface area contributed by atoms with Gasteiger partial charge in [0, 0.05) is 11.6 Å². The second-order valence-corrected chi connectivity index (χ2v) is 5.16. The minimum atomic E-state index is -0.823.